The maximum atomic E-state index is 10.9. The summed E-state index contributed by atoms with van der Waals surface area (Å²) in [4.78, 5) is 11.9. The predicted octanol–water partition coefficient (Wildman–Crippen LogP) is 2.38. The van der Waals surface area contributed by atoms with Crippen LogP contribution in [0.2, 0.25) is 5.02 Å². The number of benzene rings is 1. The van der Waals surface area contributed by atoms with Crippen molar-refractivity contribution in [3.63, 3.8) is 0 Å². The van der Waals surface area contributed by atoms with Gasteiger partial charge in [-0.1, -0.05) is 18.0 Å². The molecule has 1 aliphatic carbocycles. The van der Waals surface area contributed by atoms with Crippen molar-refractivity contribution in [2.75, 3.05) is 26.0 Å². The van der Waals surface area contributed by atoms with Crippen molar-refractivity contribution in [2.45, 2.75) is 37.6 Å². The van der Waals surface area contributed by atoms with Gasteiger partial charge >= 0.3 is 0 Å². The summed E-state index contributed by atoms with van der Waals surface area (Å²) in [7, 11) is 4.36. The minimum Gasteiger partial charge on any atom is -0.356 e. The highest BCUT2D eigenvalue weighted by molar-refractivity contribution is 7.80. The number of likely N-dealkylation sites (N-methyl/N-ethyl adjacent to an activating group) is 1. The molecule has 0 atom stereocenters. The Morgan fingerprint density at radius 3 is 2.62 bits per heavy atom. The van der Waals surface area contributed by atoms with E-state index in [0.717, 1.165) is 6.54 Å². The van der Waals surface area contributed by atoms with Gasteiger partial charge in [-0.15, -0.1) is 0 Å². The average molecular weight is 372 g/mol. The number of rotatable bonds is 5. The van der Waals surface area contributed by atoms with E-state index in [-0.39, 0.29) is 11.2 Å². The first-order chi connectivity index (χ1) is 11.3. The van der Waals surface area contributed by atoms with Gasteiger partial charge in [0, 0.05) is 25.0 Å². The minimum atomic E-state index is -0.454. The zero-order valence-corrected chi connectivity index (χ0v) is 15.6. The standard InChI is InChI=1S/C16H23ClN4O2S/c1-20(2)16(8-4-3-5-9-16)11-18-15(24)19-14-10-12(21(22)23)6-7-13(14)17/h6-7,10H,3-5,8-9,11H2,1-2H3,(H2,18,19,24)/p+1. The number of hydrogen-bond donors (Lipinski definition) is 3. The van der Waals surface area contributed by atoms with Gasteiger partial charge in [-0.25, -0.2) is 0 Å². The van der Waals surface area contributed by atoms with Gasteiger partial charge in [0.1, 0.15) is 5.54 Å². The molecule has 6 nitrogen and oxygen atoms in total. The summed E-state index contributed by atoms with van der Waals surface area (Å²) in [5.41, 5.74) is 0.598. The summed E-state index contributed by atoms with van der Waals surface area (Å²) in [6, 6.07) is 4.26. The fraction of sp³-hybridized carbons (Fsp3) is 0.562. The molecule has 0 bridgehead atoms. The second-order valence-electron chi connectivity index (χ2n) is 6.57. The summed E-state index contributed by atoms with van der Waals surface area (Å²) < 4.78 is 0. The lowest BCUT2D eigenvalue weighted by molar-refractivity contribution is -0.916. The zero-order valence-electron chi connectivity index (χ0n) is 14.0. The number of halogens is 1. The molecule has 0 aliphatic heterocycles. The van der Waals surface area contributed by atoms with Crippen molar-refractivity contribution in [1.29, 1.82) is 0 Å². The lowest BCUT2D eigenvalue weighted by atomic mass is 9.80. The molecule has 8 heteroatoms. The Morgan fingerprint density at radius 2 is 2.04 bits per heavy atom. The van der Waals surface area contributed by atoms with E-state index in [4.69, 9.17) is 23.8 Å². The molecule has 24 heavy (non-hydrogen) atoms. The van der Waals surface area contributed by atoms with E-state index in [9.17, 15) is 10.1 Å². The fourth-order valence-corrected chi connectivity index (χ4v) is 3.57. The highest BCUT2D eigenvalue weighted by atomic mass is 35.5. The number of nitrogens with zero attached hydrogens (tertiary/aromatic N) is 1. The Bertz CT molecular complexity index is 618. The molecule has 1 fully saturated rings. The van der Waals surface area contributed by atoms with Crippen LogP contribution in [-0.4, -0.2) is 36.2 Å². The van der Waals surface area contributed by atoms with Gasteiger partial charge in [0.15, 0.2) is 5.11 Å². The Kier molecular flexibility index (Phi) is 6.37. The van der Waals surface area contributed by atoms with Crippen LogP contribution in [0, 0.1) is 10.1 Å². The highest BCUT2D eigenvalue weighted by Crippen LogP contribution is 2.27. The molecular weight excluding hydrogens is 348 g/mol. The van der Waals surface area contributed by atoms with Gasteiger partial charge in [0.2, 0.25) is 0 Å². The quantitative estimate of drug-likeness (QED) is 0.421. The van der Waals surface area contributed by atoms with Crippen LogP contribution in [0.5, 0.6) is 0 Å². The molecule has 1 aromatic rings. The minimum absolute atomic E-state index is 0.0220. The number of nitro benzene ring substituents is 1. The van der Waals surface area contributed by atoms with E-state index in [2.05, 4.69) is 24.7 Å². The van der Waals surface area contributed by atoms with E-state index >= 15 is 0 Å². The van der Waals surface area contributed by atoms with E-state index in [1.807, 2.05) is 0 Å². The maximum absolute atomic E-state index is 10.9. The molecule has 0 aromatic heterocycles. The second kappa shape index (κ2) is 8.09. The summed E-state index contributed by atoms with van der Waals surface area (Å²) in [6.07, 6.45) is 6.11. The molecule has 132 valence electrons. The largest absolute Gasteiger partial charge is 0.356 e. The van der Waals surface area contributed by atoms with Crippen molar-refractivity contribution in [3.05, 3.63) is 33.3 Å². The third kappa shape index (κ3) is 4.55. The van der Waals surface area contributed by atoms with Crippen molar-refractivity contribution in [2.24, 2.45) is 0 Å². The van der Waals surface area contributed by atoms with Crippen LogP contribution in [0.15, 0.2) is 18.2 Å². The molecule has 3 N–H and O–H groups in total. The molecular formula is C16H24ClN4O2S+. The summed E-state index contributed by atoms with van der Waals surface area (Å²) in [5, 5.41) is 18.0. The van der Waals surface area contributed by atoms with Crippen molar-refractivity contribution < 1.29 is 9.82 Å². The summed E-state index contributed by atoms with van der Waals surface area (Å²) in [6.45, 7) is 0.772. The predicted molar refractivity (Wildman–Crippen MR) is 101 cm³/mol. The second-order valence-corrected chi connectivity index (χ2v) is 7.39. The Morgan fingerprint density at radius 1 is 1.38 bits per heavy atom. The molecule has 2 rings (SSSR count). The van der Waals surface area contributed by atoms with Gasteiger partial charge in [-0.3, -0.25) is 10.1 Å². The molecule has 0 spiro atoms. The van der Waals surface area contributed by atoms with E-state index < -0.39 is 4.92 Å². The van der Waals surface area contributed by atoms with Gasteiger partial charge < -0.3 is 15.5 Å². The number of thiocarbonyl (C=S) groups is 1. The SMILES string of the molecule is C[NH+](C)C1(CNC(=S)Nc2cc([N+](=O)[O-])ccc2Cl)CCCCC1. The van der Waals surface area contributed by atoms with Crippen LogP contribution >= 0.6 is 23.8 Å². The third-order valence-corrected chi connectivity index (χ3v) is 5.44. The molecule has 0 radical (unpaired) electrons. The molecule has 1 aromatic carbocycles. The number of anilines is 1. The molecule has 0 amide bonds. The monoisotopic (exact) mass is 371 g/mol. The van der Waals surface area contributed by atoms with Gasteiger partial charge in [0.05, 0.1) is 36.3 Å². The highest BCUT2D eigenvalue weighted by Gasteiger charge is 2.38. The molecule has 1 saturated carbocycles. The van der Waals surface area contributed by atoms with E-state index in [1.54, 1.807) is 0 Å². The van der Waals surface area contributed by atoms with Crippen molar-refractivity contribution in [1.82, 2.24) is 5.32 Å². The average Bonchev–Trinajstić information content (AvgIpc) is 2.55. The normalized spacial score (nSPS) is 16.7. The zero-order chi connectivity index (χ0) is 17.7. The molecule has 0 heterocycles. The van der Waals surface area contributed by atoms with Crippen LogP contribution < -0.4 is 15.5 Å². The van der Waals surface area contributed by atoms with Crippen molar-refractivity contribution in [3.8, 4) is 0 Å². The van der Waals surface area contributed by atoms with Crippen LogP contribution in [-0.2, 0) is 0 Å². The number of hydrogen-bond acceptors (Lipinski definition) is 3. The molecule has 1 aliphatic rings. The third-order valence-electron chi connectivity index (χ3n) is 4.87. The first-order valence-electron chi connectivity index (χ1n) is 8.13. The van der Waals surface area contributed by atoms with E-state index in [1.165, 1.54) is 55.2 Å². The van der Waals surface area contributed by atoms with Gasteiger partial charge in [-0.2, -0.15) is 0 Å². The van der Waals surface area contributed by atoms with Crippen molar-refractivity contribution >= 4 is 40.3 Å². The Hall–Kier alpha value is -1.44. The number of quaternary nitrogens is 1. The van der Waals surface area contributed by atoms with Gasteiger partial charge in [-0.05, 0) is 31.1 Å². The van der Waals surface area contributed by atoms with Crippen LogP contribution in [0.3, 0.4) is 0 Å². The topological polar surface area (TPSA) is 71.6 Å². The molecule has 0 saturated heterocycles. The Balaban J connectivity index is 2.00. The first kappa shape index (κ1) is 18.9. The Labute approximate surface area is 152 Å². The van der Waals surface area contributed by atoms with E-state index in [0.29, 0.717) is 15.8 Å². The number of non-ortho nitro benzene ring substituents is 1. The van der Waals surface area contributed by atoms with Crippen LogP contribution in [0.4, 0.5) is 11.4 Å². The fourth-order valence-electron chi connectivity index (χ4n) is 3.22. The van der Waals surface area contributed by atoms with Crippen LogP contribution in [0.1, 0.15) is 32.1 Å². The van der Waals surface area contributed by atoms with Gasteiger partial charge in [0.25, 0.3) is 5.69 Å². The maximum Gasteiger partial charge on any atom is 0.271 e. The van der Waals surface area contributed by atoms with Crippen LogP contribution in [0.25, 0.3) is 0 Å². The smallest absolute Gasteiger partial charge is 0.271 e. The number of nitrogens with one attached hydrogen (secondary N) is 3. The summed E-state index contributed by atoms with van der Waals surface area (Å²) in [5.74, 6) is 0. The lowest BCUT2D eigenvalue weighted by Crippen LogP contribution is -3.16. The molecule has 0 unspecified atom stereocenters. The first-order valence-corrected chi connectivity index (χ1v) is 8.92. The number of nitro groups is 1. The summed E-state index contributed by atoms with van der Waals surface area (Å²) >= 11 is 11.4. The lowest BCUT2D eigenvalue weighted by Gasteiger charge is -2.40.